The minimum absolute atomic E-state index is 0.0743. The van der Waals surface area contributed by atoms with Gasteiger partial charge in [0.05, 0.1) is 5.70 Å². The van der Waals surface area contributed by atoms with Crippen molar-refractivity contribution in [2.45, 2.75) is 27.4 Å². The largest absolute Gasteiger partial charge is 0.444 e. The molecule has 25 heavy (non-hydrogen) atoms. The van der Waals surface area contributed by atoms with E-state index in [9.17, 15) is 9.59 Å². The van der Waals surface area contributed by atoms with Gasteiger partial charge in [-0.2, -0.15) is 0 Å². The molecule has 0 aromatic heterocycles. The monoisotopic (exact) mass is 337 g/mol. The van der Waals surface area contributed by atoms with Crippen LogP contribution in [0.15, 0.2) is 66.7 Å². The summed E-state index contributed by atoms with van der Waals surface area (Å²) in [6, 6.07) is 18.7. The maximum atomic E-state index is 12.3. The third kappa shape index (κ3) is 5.92. The Balaban J connectivity index is 2.12. The number of carbonyl (C=O) groups is 2. The van der Waals surface area contributed by atoms with Crippen LogP contribution in [0.5, 0.6) is 0 Å². The third-order valence-electron chi connectivity index (χ3n) is 3.55. The van der Waals surface area contributed by atoms with Gasteiger partial charge in [-0.25, -0.2) is 4.79 Å². The first-order chi connectivity index (χ1) is 11.9. The van der Waals surface area contributed by atoms with Crippen molar-refractivity contribution in [2.24, 2.45) is 5.41 Å². The second-order valence-corrected chi connectivity index (χ2v) is 6.73. The van der Waals surface area contributed by atoms with Gasteiger partial charge in [0.2, 0.25) is 0 Å². The van der Waals surface area contributed by atoms with Gasteiger partial charge in [-0.15, -0.1) is 0 Å². The Morgan fingerprint density at radius 2 is 1.52 bits per heavy atom. The van der Waals surface area contributed by atoms with Crippen LogP contribution in [-0.2, 0) is 16.1 Å². The van der Waals surface area contributed by atoms with Gasteiger partial charge >= 0.3 is 6.09 Å². The first kappa shape index (κ1) is 18.5. The third-order valence-corrected chi connectivity index (χ3v) is 3.55. The second-order valence-electron chi connectivity index (χ2n) is 6.73. The summed E-state index contributed by atoms with van der Waals surface area (Å²) in [4.78, 5) is 24.5. The zero-order valence-corrected chi connectivity index (χ0v) is 14.8. The lowest BCUT2D eigenvalue weighted by Gasteiger charge is -2.16. The molecule has 0 atom stereocenters. The highest BCUT2D eigenvalue weighted by atomic mass is 16.5. The number of hydrogen-bond donors (Lipinski definition) is 1. The Bertz CT molecular complexity index is 744. The van der Waals surface area contributed by atoms with Crippen LogP contribution in [0.1, 0.15) is 31.9 Å². The van der Waals surface area contributed by atoms with E-state index in [0.717, 1.165) is 11.1 Å². The lowest BCUT2D eigenvalue weighted by molar-refractivity contribution is -0.121. The Labute approximate surface area is 148 Å². The fourth-order valence-corrected chi connectivity index (χ4v) is 2.03. The molecule has 130 valence electrons. The van der Waals surface area contributed by atoms with Crippen LogP contribution in [-0.4, -0.2) is 11.9 Å². The summed E-state index contributed by atoms with van der Waals surface area (Å²) >= 11 is 0. The van der Waals surface area contributed by atoms with Crippen molar-refractivity contribution in [1.82, 2.24) is 5.32 Å². The van der Waals surface area contributed by atoms with Gasteiger partial charge in [-0.05, 0) is 11.1 Å². The van der Waals surface area contributed by atoms with Crippen LogP contribution >= 0.6 is 0 Å². The molecule has 2 aromatic carbocycles. The number of alkyl carbamates (subject to hydrolysis) is 1. The van der Waals surface area contributed by atoms with E-state index in [-0.39, 0.29) is 12.4 Å². The molecule has 0 saturated carbocycles. The molecule has 0 aliphatic rings. The highest BCUT2D eigenvalue weighted by molar-refractivity contribution is 6.01. The average molecular weight is 337 g/mol. The summed E-state index contributed by atoms with van der Waals surface area (Å²) in [5.41, 5.74) is 1.54. The molecule has 2 rings (SSSR count). The normalized spacial score (nSPS) is 11.7. The van der Waals surface area contributed by atoms with Crippen molar-refractivity contribution in [3.63, 3.8) is 0 Å². The minimum Gasteiger partial charge on any atom is -0.444 e. The molecule has 0 aliphatic heterocycles. The van der Waals surface area contributed by atoms with Crippen LogP contribution in [0.4, 0.5) is 4.79 Å². The van der Waals surface area contributed by atoms with E-state index in [1.54, 1.807) is 0 Å². The number of hydrogen-bond acceptors (Lipinski definition) is 3. The van der Waals surface area contributed by atoms with Gasteiger partial charge in [0.1, 0.15) is 6.61 Å². The number of ether oxygens (including phenoxy) is 1. The van der Waals surface area contributed by atoms with Gasteiger partial charge in [-0.3, -0.25) is 10.1 Å². The predicted octanol–water partition coefficient (Wildman–Crippen LogP) is 4.57. The number of amides is 1. The molecule has 0 bridgehead atoms. The lowest BCUT2D eigenvalue weighted by atomic mass is 9.90. The van der Waals surface area contributed by atoms with Gasteiger partial charge in [-0.1, -0.05) is 81.4 Å². The van der Waals surface area contributed by atoms with Crippen molar-refractivity contribution in [2.75, 3.05) is 0 Å². The van der Waals surface area contributed by atoms with E-state index in [1.807, 2.05) is 81.4 Å². The van der Waals surface area contributed by atoms with E-state index >= 15 is 0 Å². The Hall–Kier alpha value is -2.88. The van der Waals surface area contributed by atoms with Gasteiger partial charge in [0.15, 0.2) is 5.78 Å². The van der Waals surface area contributed by atoms with E-state index in [0.29, 0.717) is 5.70 Å². The molecule has 0 spiro atoms. The molecule has 0 unspecified atom stereocenters. The number of nitrogens with one attached hydrogen (secondary N) is 1. The van der Waals surface area contributed by atoms with Crippen molar-refractivity contribution in [1.29, 1.82) is 0 Å². The summed E-state index contributed by atoms with van der Waals surface area (Å²) in [6.07, 6.45) is 0.861. The molecule has 0 fully saturated rings. The number of allylic oxidation sites excluding steroid dienone is 1. The topological polar surface area (TPSA) is 55.4 Å². The summed E-state index contributed by atoms with van der Waals surface area (Å²) in [7, 11) is 0. The van der Waals surface area contributed by atoms with E-state index < -0.39 is 11.5 Å². The van der Waals surface area contributed by atoms with E-state index in [4.69, 9.17) is 4.74 Å². The van der Waals surface area contributed by atoms with Crippen LogP contribution in [0.2, 0.25) is 0 Å². The second kappa shape index (κ2) is 8.29. The fourth-order valence-electron chi connectivity index (χ4n) is 2.03. The van der Waals surface area contributed by atoms with E-state index in [2.05, 4.69) is 5.32 Å². The molecule has 1 N–H and O–H groups in total. The number of rotatable bonds is 5. The van der Waals surface area contributed by atoms with Gasteiger partial charge in [0, 0.05) is 11.5 Å². The summed E-state index contributed by atoms with van der Waals surface area (Å²) in [5, 5.41) is 2.69. The Morgan fingerprint density at radius 1 is 0.960 bits per heavy atom. The molecule has 0 heterocycles. The maximum Gasteiger partial charge on any atom is 0.411 e. The van der Waals surface area contributed by atoms with Gasteiger partial charge in [0.25, 0.3) is 0 Å². The summed E-state index contributed by atoms with van der Waals surface area (Å²) in [6.45, 7) is 5.68. The number of carbonyl (C=O) groups excluding carboxylic acids is 2. The van der Waals surface area contributed by atoms with Crippen molar-refractivity contribution in [3.05, 3.63) is 77.9 Å². The zero-order chi connectivity index (χ0) is 18.3. The van der Waals surface area contributed by atoms with Crippen LogP contribution in [0, 0.1) is 5.41 Å². The van der Waals surface area contributed by atoms with Crippen molar-refractivity contribution < 1.29 is 14.3 Å². The molecule has 0 radical (unpaired) electrons. The molecule has 2 aromatic rings. The standard InChI is InChI=1S/C21H23NO3/c1-21(2,3)19(23)14-18(17-12-8-5-9-13-17)22-20(24)25-15-16-10-6-4-7-11-16/h4-14H,15H2,1-3H3,(H,22,24)/b18-14-. The molecule has 1 amide bonds. The van der Waals surface area contributed by atoms with Crippen molar-refractivity contribution >= 4 is 17.6 Å². The average Bonchev–Trinajstić information content (AvgIpc) is 2.60. The molecular formula is C21H23NO3. The highest BCUT2D eigenvalue weighted by Crippen LogP contribution is 2.19. The Kier molecular flexibility index (Phi) is 6.12. The molecule has 4 heteroatoms. The molecule has 4 nitrogen and oxygen atoms in total. The molecule has 0 saturated heterocycles. The van der Waals surface area contributed by atoms with Crippen LogP contribution in [0.25, 0.3) is 5.70 Å². The molecule has 0 aliphatic carbocycles. The quantitative estimate of drug-likeness (QED) is 0.813. The Morgan fingerprint density at radius 3 is 2.08 bits per heavy atom. The fraction of sp³-hybridized carbons (Fsp3) is 0.238. The highest BCUT2D eigenvalue weighted by Gasteiger charge is 2.20. The minimum atomic E-state index is -0.597. The van der Waals surface area contributed by atoms with Crippen LogP contribution < -0.4 is 5.32 Å². The lowest BCUT2D eigenvalue weighted by Crippen LogP contribution is -2.25. The summed E-state index contributed by atoms with van der Waals surface area (Å²) in [5.74, 6) is -0.0743. The SMILES string of the molecule is CC(C)(C)C(=O)/C=C(\NC(=O)OCc1ccccc1)c1ccccc1. The maximum absolute atomic E-state index is 12.3. The predicted molar refractivity (Wildman–Crippen MR) is 98.6 cm³/mol. The van der Waals surface area contributed by atoms with Gasteiger partial charge < -0.3 is 4.74 Å². The number of benzene rings is 2. The van der Waals surface area contributed by atoms with E-state index in [1.165, 1.54) is 6.08 Å². The molecular weight excluding hydrogens is 314 g/mol. The number of ketones is 1. The summed E-state index contributed by atoms with van der Waals surface area (Å²) < 4.78 is 5.25. The first-order valence-electron chi connectivity index (χ1n) is 8.15. The first-order valence-corrected chi connectivity index (χ1v) is 8.15. The zero-order valence-electron chi connectivity index (χ0n) is 14.8. The van der Waals surface area contributed by atoms with Crippen LogP contribution in [0.3, 0.4) is 0 Å². The smallest absolute Gasteiger partial charge is 0.411 e. The van der Waals surface area contributed by atoms with Crippen molar-refractivity contribution in [3.8, 4) is 0 Å².